The van der Waals surface area contributed by atoms with Crippen LogP contribution in [0, 0.1) is 6.92 Å². The first-order valence-electron chi connectivity index (χ1n) is 5.80. The Bertz CT molecular complexity index is 638. The van der Waals surface area contributed by atoms with Crippen LogP contribution in [-0.2, 0) is 6.42 Å². The highest BCUT2D eigenvalue weighted by molar-refractivity contribution is 5.48. The monoisotopic (exact) mass is 222 g/mol. The van der Waals surface area contributed by atoms with Gasteiger partial charge >= 0.3 is 0 Å². The van der Waals surface area contributed by atoms with Gasteiger partial charge in [0.2, 0.25) is 0 Å². The van der Waals surface area contributed by atoms with Gasteiger partial charge in [0.1, 0.15) is 5.65 Å². The molecule has 17 heavy (non-hydrogen) atoms. The quantitative estimate of drug-likeness (QED) is 0.650. The highest BCUT2D eigenvalue weighted by atomic mass is 15.0. The lowest BCUT2D eigenvalue weighted by atomic mass is 10.1. The van der Waals surface area contributed by atoms with Gasteiger partial charge in [-0.2, -0.15) is 0 Å². The molecule has 0 aliphatic carbocycles. The van der Waals surface area contributed by atoms with Crippen molar-refractivity contribution in [2.45, 2.75) is 13.3 Å². The normalized spacial score (nSPS) is 10.9. The van der Waals surface area contributed by atoms with Gasteiger partial charge in [0.15, 0.2) is 0 Å². The molecule has 0 N–H and O–H groups in total. The second-order valence-corrected chi connectivity index (χ2v) is 4.32. The minimum absolute atomic E-state index is 0.891. The van der Waals surface area contributed by atoms with Crippen LogP contribution in [0.4, 0.5) is 0 Å². The number of benzene rings is 1. The predicted octanol–water partition coefficient (Wildman–Crippen LogP) is 3.23. The summed E-state index contributed by atoms with van der Waals surface area (Å²) in [6.45, 7) is 2.09. The van der Waals surface area contributed by atoms with Crippen LogP contribution in [0.25, 0.3) is 5.65 Å². The SMILES string of the molecule is Cc1cccn2cc(Cc3ccccc3)nc12. The Labute approximate surface area is 101 Å². The summed E-state index contributed by atoms with van der Waals surface area (Å²) in [6.07, 6.45) is 5.04. The summed E-state index contributed by atoms with van der Waals surface area (Å²) >= 11 is 0. The number of aromatic nitrogens is 2. The maximum Gasteiger partial charge on any atom is 0.139 e. The van der Waals surface area contributed by atoms with Crippen LogP contribution in [-0.4, -0.2) is 9.38 Å². The molecule has 0 spiro atoms. The van der Waals surface area contributed by atoms with Crippen molar-refractivity contribution >= 4 is 5.65 Å². The zero-order valence-electron chi connectivity index (χ0n) is 9.80. The Hall–Kier alpha value is -2.09. The third-order valence-corrected chi connectivity index (χ3v) is 2.96. The first-order valence-corrected chi connectivity index (χ1v) is 5.80. The summed E-state index contributed by atoms with van der Waals surface area (Å²) in [5.41, 5.74) is 4.68. The Balaban J connectivity index is 1.99. The molecule has 3 aromatic rings. The fourth-order valence-corrected chi connectivity index (χ4v) is 2.09. The van der Waals surface area contributed by atoms with Crippen molar-refractivity contribution in [3.8, 4) is 0 Å². The van der Waals surface area contributed by atoms with Gasteiger partial charge in [0.05, 0.1) is 5.69 Å². The lowest BCUT2D eigenvalue weighted by Gasteiger charge is -1.95. The molecule has 2 nitrogen and oxygen atoms in total. The molecule has 0 fully saturated rings. The lowest BCUT2D eigenvalue weighted by Crippen LogP contribution is -1.87. The van der Waals surface area contributed by atoms with Crippen LogP contribution in [0.5, 0.6) is 0 Å². The van der Waals surface area contributed by atoms with Crippen molar-refractivity contribution in [2.75, 3.05) is 0 Å². The number of hydrogen-bond donors (Lipinski definition) is 0. The molecular formula is C15H14N2. The standard InChI is InChI=1S/C15H14N2/c1-12-6-5-9-17-11-14(16-15(12)17)10-13-7-3-2-4-8-13/h2-9,11H,10H2,1H3. The summed E-state index contributed by atoms with van der Waals surface area (Å²) < 4.78 is 2.09. The van der Waals surface area contributed by atoms with Crippen LogP contribution in [0.1, 0.15) is 16.8 Å². The Morgan fingerprint density at radius 1 is 1.06 bits per heavy atom. The van der Waals surface area contributed by atoms with Crippen LogP contribution < -0.4 is 0 Å². The molecule has 0 atom stereocenters. The van der Waals surface area contributed by atoms with E-state index < -0.39 is 0 Å². The Morgan fingerprint density at radius 3 is 2.65 bits per heavy atom. The van der Waals surface area contributed by atoms with Crippen LogP contribution in [0.2, 0.25) is 0 Å². The molecule has 0 aliphatic heterocycles. The zero-order chi connectivity index (χ0) is 11.7. The average Bonchev–Trinajstić information content (AvgIpc) is 2.74. The van der Waals surface area contributed by atoms with Gasteiger partial charge in [-0.05, 0) is 24.1 Å². The smallest absolute Gasteiger partial charge is 0.139 e. The molecule has 0 bridgehead atoms. The summed E-state index contributed by atoms with van der Waals surface area (Å²) in [6, 6.07) is 14.6. The Morgan fingerprint density at radius 2 is 1.88 bits per heavy atom. The van der Waals surface area contributed by atoms with E-state index in [-0.39, 0.29) is 0 Å². The first-order chi connectivity index (χ1) is 8.33. The number of nitrogens with zero attached hydrogens (tertiary/aromatic N) is 2. The summed E-state index contributed by atoms with van der Waals surface area (Å²) in [4.78, 5) is 4.67. The van der Waals surface area contributed by atoms with Crippen molar-refractivity contribution < 1.29 is 0 Å². The third kappa shape index (κ3) is 1.94. The van der Waals surface area contributed by atoms with E-state index in [0.717, 1.165) is 17.8 Å². The van der Waals surface area contributed by atoms with E-state index in [2.05, 4.69) is 58.9 Å². The average molecular weight is 222 g/mol. The number of aryl methyl sites for hydroxylation is 1. The van der Waals surface area contributed by atoms with Gasteiger partial charge in [0.25, 0.3) is 0 Å². The number of hydrogen-bond acceptors (Lipinski definition) is 1. The zero-order valence-corrected chi connectivity index (χ0v) is 9.80. The van der Waals surface area contributed by atoms with Crippen molar-refractivity contribution in [3.63, 3.8) is 0 Å². The van der Waals surface area contributed by atoms with Crippen molar-refractivity contribution in [1.82, 2.24) is 9.38 Å². The van der Waals surface area contributed by atoms with Gasteiger partial charge in [0, 0.05) is 18.8 Å². The summed E-state index contributed by atoms with van der Waals surface area (Å²) in [5, 5.41) is 0. The second-order valence-electron chi connectivity index (χ2n) is 4.32. The topological polar surface area (TPSA) is 17.3 Å². The van der Waals surface area contributed by atoms with E-state index in [0.29, 0.717) is 0 Å². The molecule has 0 amide bonds. The first kappa shape index (κ1) is 10.1. The molecule has 0 aliphatic rings. The van der Waals surface area contributed by atoms with Gasteiger partial charge < -0.3 is 4.40 Å². The molecule has 0 radical (unpaired) electrons. The second kappa shape index (κ2) is 4.06. The molecule has 2 heteroatoms. The number of imidazole rings is 1. The fourth-order valence-electron chi connectivity index (χ4n) is 2.09. The molecule has 0 unspecified atom stereocenters. The van der Waals surface area contributed by atoms with Gasteiger partial charge in [-0.15, -0.1) is 0 Å². The summed E-state index contributed by atoms with van der Waals surface area (Å²) in [7, 11) is 0. The highest BCUT2D eigenvalue weighted by Crippen LogP contribution is 2.13. The van der Waals surface area contributed by atoms with Crippen LogP contribution >= 0.6 is 0 Å². The molecular weight excluding hydrogens is 208 g/mol. The third-order valence-electron chi connectivity index (χ3n) is 2.96. The molecule has 0 saturated carbocycles. The van der Waals surface area contributed by atoms with Gasteiger partial charge in [-0.1, -0.05) is 36.4 Å². The van der Waals surface area contributed by atoms with Crippen LogP contribution in [0.15, 0.2) is 54.9 Å². The van der Waals surface area contributed by atoms with Crippen molar-refractivity contribution in [2.24, 2.45) is 0 Å². The lowest BCUT2D eigenvalue weighted by molar-refractivity contribution is 1.11. The largest absolute Gasteiger partial charge is 0.307 e. The van der Waals surface area contributed by atoms with E-state index in [1.54, 1.807) is 0 Å². The molecule has 1 aromatic carbocycles. The minimum Gasteiger partial charge on any atom is -0.307 e. The van der Waals surface area contributed by atoms with E-state index in [1.807, 2.05) is 12.3 Å². The number of rotatable bonds is 2. The molecule has 3 rings (SSSR count). The maximum absolute atomic E-state index is 4.67. The van der Waals surface area contributed by atoms with E-state index in [9.17, 15) is 0 Å². The van der Waals surface area contributed by atoms with Gasteiger partial charge in [-0.25, -0.2) is 4.98 Å². The van der Waals surface area contributed by atoms with E-state index >= 15 is 0 Å². The predicted molar refractivity (Wildman–Crippen MR) is 69.2 cm³/mol. The van der Waals surface area contributed by atoms with Crippen molar-refractivity contribution in [3.05, 3.63) is 71.7 Å². The van der Waals surface area contributed by atoms with Gasteiger partial charge in [-0.3, -0.25) is 0 Å². The molecule has 2 aromatic heterocycles. The maximum atomic E-state index is 4.67. The fraction of sp³-hybridized carbons (Fsp3) is 0.133. The van der Waals surface area contributed by atoms with Crippen molar-refractivity contribution in [1.29, 1.82) is 0 Å². The molecule has 0 saturated heterocycles. The van der Waals surface area contributed by atoms with E-state index in [1.165, 1.54) is 11.1 Å². The van der Waals surface area contributed by atoms with Crippen LogP contribution in [0.3, 0.4) is 0 Å². The number of fused-ring (bicyclic) bond motifs is 1. The molecule has 84 valence electrons. The number of pyridine rings is 1. The minimum atomic E-state index is 0.891. The van der Waals surface area contributed by atoms with E-state index in [4.69, 9.17) is 0 Å². The molecule has 2 heterocycles. The highest BCUT2D eigenvalue weighted by Gasteiger charge is 2.03. The Kier molecular flexibility index (Phi) is 2.41. The summed E-state index contributed by atoms with van der Waals surface area (Å²) in [5.74, 6) is 0.